The normalized spacial score (nSPS) is 10.1. The van der Waals surface area contributed by atoms with Crippen molar-refractivity contribution in [2.45, 2.75) is 6.42 Å². The predicted octanol–water partition coefficient (Wildman–Crippen LogP) is 2.63. The van der Waals surface area contributed by atoms with E-state index in [9.17, 15) is 9.18 Å². The maximum absolute atomic E-state index is 13.1. The van der Waals surface area contributed by atoms with Crippen LogP contribution in [-0.2, 0) is 11.2 Å². The molecule has 1 aromatic heterocycles. The number of carbonyl (C=O) groups excluding carboxylic acids is 1. The minimum absolute atomic E-state index is 0.291. The number of rotatable bonds is 3. The third-order valence-corrected chi connectivity index (χ3v) is 2.29. The topological polar surface area (TPSA) is 30.0 Å². The third kappa shape index (κ3) is 2.14. The van der Waals surface area contributed by atoms with Gasteiger partial charge in [0.1, 0.15) is 12.1 Å². The SMILES string of the molecule is O=CCc1cccnc1-c1cccc(F)c1. The van der Waals surface area contributed by atoms with Gasteiger partial charge in [0, 0.05) is 18.2 Å². The summed E-state index contributed by atoms with van der Waals surface area (Å²) in [5.41, 5.74) is 2.16. The highest BCUT2D eigenvalue weighted by molar-refractivity contribution is 5.67. The Hall–Kier alpha value is -2.03. The fourth-order valence-electron chi connectivity index (χ4n) is 1.59. The van der Waals surface area contributed by atoms with Gasteiger partial charge < -0.3 is 4.79 Å². The van der Waals surface area contributed by atoms with Crippen LogP contribution in [0.2, 0.25) is 0 Å². The lowest BCUT2D eigenvalue weighted by atomic mass is 10.0. The number of aldehydes is 1. The second-order valence-electron chi connectivity index (χ2n) is 3.39. The van der Waals surface area contributed by atoms with Crippen LogP contribution in [0.3, 0.4) is 0 Å². The van der Waals surface area contributed by atoms with Gasteiger partial charge in [-0.3, -0.25) is 4.98 Å². The molecule has 0 amide bonds. The molecular weight excluding hydrogens is 205 g/mol. The van der Waals surface area contributed by atoms with E-state index in [1.807, 2.05) is 6.07 Å². The van der Waals surface area contributed by atoms with Crippen molar-refractivity contribution >= 4 is 6.29 Å². The van der Waals surface area contributed by atoms with Gasteiger partial charge in [-0.25, -0.2) is 4.39 Å². The summed E-state index contributed by atoms with van der Waals surface area (Å²) in [5.74, 6) is -0.305. The van der Waals surface area contributed by atoms with E-state index < -0.39 is 0 Å². The van der Waals surface area contributed by atoms with Gasteiger partial charge >= 0.3 is 0 Å². The standard InChI is InChI=1S/C13H10FNO/c14-12-5-1-3-11(9-12)13-10(6-8-16)4-2-7-15-13/h1-5,7-9H,6H2. The monoisotopic (exact) mass is 215 g/mol. The first-order valence-corrected chi connectivity index (χ1v) is 4.95. The maximum Gasteiger partial charge on any atom is 0.124 e. The van der Waals surface area contributed by atoms with Crippen molar-refractivity contribution < 1.29 is 9.18 Å². The second-order valence-corrected chi connectivity index (χ2v) is 3.39. The first kappa shape index (κ1) is 10.5. The van der Waals surface area contributed by atoms with Crippen molar-refractivity contribution in [3.8, 4) is 11.3 Å². The molecule has 2 aromatic rings. The lowest BCUT2D eigenvalue weighted by molar-refractivity contribution is -0.107. The highest BCUT2D eigenvalue weighted by atomic mass is 19.1. The lowest BCUT2D eigenvalue weighted by Crippen LogP contribution is -1.94. The van der Waals surface area contributed by atoms with Crippen LogP contribution in [0.5, 0.6) is 0 Å². The van der Waals surface area contributed by atoms with E-state index in [4.69, 9.17) is 0 Å². The molecule has 1 aromatic carbocycles. The Morgan fingerprint density at radius 3 is 2.88 bits per heavy atom. The van der Waals surface area contributed by atoms with Crippen LogP contribution < -0.4 is 0 Å². The molecule has 80 valence electrons. The summed E-state index contributed by atoms with van der Waals surface area (Å²) in [6.07, 6.45) is 2.74. The largest absolute Gasteiger partial charge is 0.303 e. The second kappa shape index (κ2) is 4.66. The average molecular weight is 215 g/mol. The summed E-state index contributed by atoms with van der Waals surface area (Å²) >= 11 is 0. The van der Waals surface area contributed by atoms with E-state index in [-0.39, 0.29) is 5.82 Å². The van der Waals surface area contributed by atoms with Crippen molar-refractivity contribution in [2.75, 3.05) is 0 Å². The molecule has 16 heavy (non-hydrogen) atoms. The molecule has 0 bridgehead atoms. The van der Waals surface area contributed by atoms with Gasteiger partial charge in [0.25, 0.3) is 0 Å². The number of hydrogen-bond acceptors (Lipinski definition) is 2. The molecule has 3 heteroatoms. The van der Waals surface area contributed by atoms with E-state index in [1.54, 1.807) is 24.4 Å². The van der Waals surface area contributed by atoms with Crippen molar-refractivity contribution in [3.63, 3.8) is 0 Å². The Morgan fingerprint density at radius 1 is 1.25 bits per heavy atom. The molecule has 2 rings (SSSR count). The Labute approximate surface area is 92.8 Å². The number of halogens is 1. The summed E-state index contributed by atoms with van der Waals surface area (Å²) < 4.78 is 13.1. The molecule has 0 aliphatic carbocycles. The highest BCUT2D eigenvalue weighted by Crippen LogP contribution is 2.21. The van der Waals surface area contributed by atoms with Crippen LogP contribution in [0.4, 0.5) is 4.39 Å². The van der Waals surface area contributed by atoms with Crippen LogP contribution >= 0.6 is 0 Å². The maximum atomic E-state index is 13.1. The first-order chi connectivity index (χ1) is 7.81. The van der Waals surface area contributed by atoms with Gasteiger partial charge in [0.15, 0.2) is 0 Å². The number of pyridine rings is 1. The summed E-state index contributed by atoms with van der Waals surface area (Å²) in [6, 6.07) is 9.79. The molecule has 0 radical (unpaired) electrons. The number of aromatic nitrogens is 1. The lowest BCUT2D eigenvalue weighted by Gasteiger charge is -2.05. The summed E-state index contributed by atoms with van der Waals surface area (Å²) in [6.45, 7) is 0. The number of nitrogens with zero attached hydrogens (tertiary/aromatic N) is 1. The van der Waals surface area contributed by atoms with Crippen molar-refractivity contribution in [1.29, 1.82) is 0 Å². The van der Waals surface area contributed by atoms with Gasteiger partial charge in [-0.05, 0) is 23.8 Å². The van der Waals surface area contributed by atoms with Crippen LogP contribution in [0.15, 0.2) is 42.6 Å². The molecule has 0 saturated heterocycles. The minimum Gasteiger partial charge on any atom is -0.303 e. The number of carbonyl (C=O) groups is 1. The van der Waals surface area contributed by atoms with Gasteiger partial charge in [-0.15, -0.1) is 0 Å². The zero-order chi connectivity index (χ0) is 11.4. The Kier molecular flexibility index (Phi) is 3.05. The van der Waals surface area contributed by atoms with E-state index >= 15 is 0 Å². The molecule has 2 nitrogen and oxygen atoms in total. The Morgan fingerprint density at radius 2 is 2.12 bits per heavy atom. The van der Waals surface area contributed by atoms with Crippen molar-refractivity contribution in [3.05, 3.63) is 54.0 Å². The third-order valence-electron chi connectivity index (χ3n) is 2.29. The molecule has 0 spiro atoms. The molecule has 0 N–H and O–H groups in total. The molecule has 0 saturated carbocycles. The highest BCUT2D eigenvalue weighted by Gasteiger charge is 2.06. The molecule has 0 aliphatic rings. The van der Waals surface area contributed by atoms with E-state index in [2.05, 4.69) is 4.98 Å². The summed E-state index contributed by atoms with van der Waals surface area (Å²) in [4.78, 5) is 14.7. The van der Waals surface area contributed by atoms with Gasteiger partial charge in [-0.2, -0.15) is 0 Å². The van der Waals surface area contributed by atoms with Crippen molar-refractivity contribution in [1.82, 2.24) is 4.98 Å². The van der Waals surface area contributed by atoms with E-state index in [0.29, 0.717) is 17.7 Å². The smallest absolute Gasteiger partial charge is 0.124 e. The Balaban J connectivity index is 2.50. The summed E-state index contributed by atoms with van der Waals surface area (Å²) in [5, 5.41) is 0. The molecule has 0 aliphatic heterocycles. The fourth-order valence-corrected chi connectivity index (χ4v) is 1.59. The van der Waals surface area contributed by atoms with E-state index in [0.717, 1.165) is 11.8 Å². The van der Waals surface area contributed by atoms with Crippen LogP contribution in [-0.4, -0.2) is 11.3 Å². The van der Waals surface area contributed by atoms with Crippen molar-refractivity contribution in [2.24, 2.45) is 0 Å². The minimum atomic E-state index is -0.305. The molecule has 0 atom stereocenters. The fraction of sp³-hybridized carbons (Fsp3) is 0.0769. The zero-order valence-electron chi connectivity index (χ0n) is 8.56. The number of hydrogen-bond donors (Lipinski definition) is 0. The van der Waals surface area contributed by atoms with Crippen LogP contribution in [0.1, 0.15) is 5.56 Å². The summed E-state index contributed by atoms with van der Waals surface area (Å²) in [7, 11) is 0. The average Bonchev–Trinajstić information content (AvgIpc) is 2.30. The van der Waals surface area contributed by atoms with Gasteiger partial charge in [0.05, 0.1) is 5.69 Å². The van der Waals surface area contributed by atoms with E-state index in [1.165, 1.54) is 12.1 Å². The Bertz CT molecular complexity index is 511. The molecule has 0 unspecified atom stereocenters. The number of benzene rings is 1. The van der Waals surface area contributed by atoms with Crippen LogP contribution in [0.25, 0.3) is 11.3 Å². The molecule has 1 heterocycles. The first-order valence-electron chi connectivity index (χ1n) is 4.95. The molecule has 0 fully saturated rings. The van der Waals surface area contributed by atoms with Gasteiger partial charge in [0.2, 0.25) is 0 Å². The quantitative estimate of drug-likeness (QED) is 0.737. The zero-order valence-corrected chi connectivity index (χ0v) is 8.56. The molecular formula is C13H10FNO. The van der Waals surface area contributed by atoms with Gasteiger partial charge in [-0.1, -0.05) is 18.2 Å². The van der Waals surface area contributed by atoms with Crippen LogP contribution in [0, 0.1) is 5.82 Å². The predicted molar refractivity (Wildman–Crippen MR) is 59.4 cm³/mol.